The topological polar surface area (TPSA) is 68.2 Å². The van der Waals surface area contributed by atoms with Gasteiger partial charge in [0.05, 0.1) is 12.6 Å². The van der Waals surface area contributed by atoms with Gasteiger partial charge in [0.15, 0.2) is 5.96 Å². The van der Waals surface area contributed by atoms with Gasteiger partial charge in [0.25, 0.3) is 0 Å². The van der Waals surface area contributed by atoms with E-state index in [0.29, 0.717) is 24.1 Å². The van der Waals surface area contributed by atoms with Gasteiger partial charge in [-0.3, -0.25) is 4.68 Å². The molecule has 1 aromatic heterocycles. The molecule has 134 valence electrons. The minimum Gasteiger partial charge on any atom is -0.370 e. The van der Waals surface area contributed by atoms with Crippen LogP contribution < -0.4 is 11.1 Å². The van der Waals surface area contributed by atoms with Crippen LogP contribution in [0.2, 0.25) is 5.02 Å². The second-order valence-electron chi connectivity index (χ2n) is 6.12. The van der Waals surface area contributed by atoms with Crippen LogP contribution in [0.25, 0.3) is 0 Å². The number of aromatic nitrogens is 2. The lowest BCUT2D eigenvalue weighted by atomic mass is 10.1. The molecule has 5 nitrogen and oxygen atoms in total. The molecule has 0 amide bonds. The smallest absolute Gasteiger partial charge is 0.189 e. The highest BCUT2D eigenvalue weighted by Gasteiger charge is 2.14. The molecule has 0 aliphatic heterocycles. The van der Waals surface area contributed by atoms with E-state index in [1.165, 1.54) is 5.56 Å². The molecule has 0 saturated carbocycles. The molecule has 3 rings (SSSR count). The van der Waals surface area contributed by atoms with Crippen molar-refractivity contribution < 1.29 is 0 Å². The first kappa shape index (κ1) is 18.0. The van der Waals surface area contributed by atoms with Gasteiger partial charge in [0.1, 0.15) is 0 Å². The van der Waals surface area contributed by atoms with Gasteiger partial charge in [-0.05, 0) is 36.2 Å². The number of hydrogen-bond donors (Lipinski definition) is 2. The van der Waals surface area contributed by atoms with Crippen LogP contribution in [0, 0.1) is 6.92 Å². The summed E-state index contributed by atoms with van der Waals surface area (Å²) < 4.78 is 1.89. The maximum atomic E-state index is 6.04. The minimum atomic E-state index is -0.00427. The monoisotopic (exact) mass is 367 g/mol. The van der Waals surface area contributed by atoms with Crippen LogP contribution >= 0.6 is 11.6 Å². The summed E-state index contributed by atoms with van der Waals surface area (Å²) in [6.45, 7) is 3.19. The molecule has 26 heavy (non-hydrogen) atoms. The van der Waals surface area contributed by atoms with Gasteiger partial charge in [-0.2, -0.15) is 5.10 Å². The second kappa shape index (κ2) is 8.54. The Morgan fingerprint density at radius 3 is 2.58 bits per heavy atom. The highest BCUT2D eigenvalue weighted by molar-refractivity contribution is 6.30. The molecule has 0 radical (unpaired) electrons. The van der Waals surface area contributed by atoms with Crippen LogP contribution in [0.15, 0.2) is 72.0 Å². The molecule has 6 heteroatoms. The van der Waals surface area contributed by atoms with E-state index in [4.69, 9.17) is 17.3 Å². The summed E-state index contributed by atoms with van der Waals surface area (Å²) >= 11 is 6.00. The predicted molar refractivity (Wildman–Crippen MR) is 106 cm³/mol. The molecule has 0 saturated heterocycles. The first-order valence-electron chi connectivity index (χ1n) is 8.46. The fourth-order valence-electron chi connectivity index (χ4n) is 2.64. The van der Waals surface area contributed by atoms with Gasteiger partial charge >= 0.3 is 0 Å². The largest absolute Gasteiger partial charge is 0.370 e. The number of rotatable bonds is 6. The summed E-state index contributed by atoms with van der Waals surface area (Å²) in [5, 5.41) is 8.27. The maximum absolute atomic E-state index is 6.04. The zero-order valence-electron chi connectivity index (χ0n) is 14.6. The standard InChI is InChI=1S/C20H22ClN5/c1-15-3-5-16(6-4-15)13-23-20(22)24-14-19(26-12-2-11-25-26)17-7-9-18(21)10-8-17/h2-12,19H,13-14H2,1H3,(H3,22,23,24). The van der Waals surface area contributed by atoms with E-state index in [1.807, 2.05) is 41.2 Å². The lowest BCUT2D eigenvalue weighted by Crippen LogP contribution is -2.36. The summed E-state index contributed by atoms with van der Waals surface area (Å²) in [5.74, 6) is 0.414. The van der Waals surface area contributed by atoms with Gasteiger partial charge in [-0.15, -0.1) is 0 Å². The minimum absolute atomic E-state index is 0.00427. The number of nitrogens with zero attached hydrogens (tertiary/aromatic N) is 3. The number of aliphatic imine (C=N–C) groups is 1. The number of guanidine groups is 1. The summed E-state index contributed by atoms with van der Waals surface area (Å²) in [6.07, 6.45) is 3.69. The van der Waals surface area contributed by atoms with Crippen LogP contribution in [0.4, 0.5) is 0 Å². The van der Waals surface area contributed by atoms with Crippen molar-refractivity contribution in [2.45, 2.75) is 19.5 Å². The maximum Gasteiger partial charge on any atom is 0.189 e. The Hall–Kier alpha value is -2.79. The highest BCUT2D eigenvalue weighted by atomic mass is 35.5. The summed E-state index contributed by atoms with van der Waals surface area (Å²) in [5.41, 5.74) is 9.49. The molecule has 3 aromatic rings. The number of aryl methyl sites for hydroxylation is 1. The van der Waals surface area contributed by atoms with Crippen molar-refractivity contribution in [2.24, 2.45) is 10.7 Å². The van der Waals surface area contributed by atoms with E-state index in [2.05, 4.69) is 46.6 Å². The molecule has 2 aromatic carbocycles. The van der Waals surface area contributed by atoms with Crippen LogP contribution in [0.5, 0.6) is 0 Å². The van der Waals surface area contributed by atoms with E-state index < -0.39 is 0 Å². The zero-order valence-corrected chi connectivity index (χ0v) is 15.4. The van der Waals surface area contributed by atoms with Crippen molar-refractivity contribution in [3.8, 4) is 0 Å². The first-order chi connectivity index (χ1) is 12.6. The number of benzene rings is 2. The fraction of sp³-hybridized carbons (Fsp3) is 0.200. The number of nitrogens with one attached hydrogen (secondary N) is 1. The lowest BCUT2D eigenvalue weighted by molar-refractivity contribution is 0.513. The third-order valence-electron chi connectivity index (χ3n) is 4.13. The third kappa shape index (κ3) is 4.86. The van der Waals surface area contributed by atoms with Gasteiger partial charge in [-0.25, -0.2) is 4.99 Å². The van der Waals surface area contributed by atoms with Crippen molar-refractivity contribution >= 4 is 17.6 Å². The van der Waals surface area contributed by atoms with Crippen molar-refractivity contribution in [3.05, 3.63) is 88.7 Å². The zero-order chi connectivity index (χ0) is 18.4. The molecule has 1 unspecified atom stereocenters. The Balaban J connectivity index is 1.66. The third-order valence-corrected chi connectivity index (χ3v) is 4.38. The Morgan fingerprint density at radius 2 is 1.92 bits per heavy atom. The molecule has 0 aliphatic rings. The van der Waals surface area contributed by atoms with Crippen LogP contribution in [0.1, 0.15) is 22.7 Å². The van der Waals surface area contributed by atoms with Crippen molar-refractivity contribution in [2.75, 3.05) is 6.54 Å². The molecule has 3 N–H and O–H groups in total. The van der Waals surface area contributed by atoms with Crippen LogP contribution in [-0.4, -0.2) is 22.3 Å². The van der Waals surface area contributed by atoms with Crippen LogP contribution in [-0.2, 0) is 6.54 Å². The fourth-order valence-corrected chi connectivity index (χ4v) is 2.77. The molecular weight excluding hydrogens is 346 g/mol. The molecular formula is C20H22ClN5. The Kier molecular flexibility index (Phi) is 5.92. The highest BCUT2D eigenvalue weighted by Crippen LogP contribution is 2.19. The quantitative estimate of drug-likeness (QED) is 0.517. The SMILES string of the molecule is Cc1ccc(CN=C(N)NCC(c2ccc(Cl)cc2)n2cccn2)cc1. The van der Waals surface area contributed by atoms with Crippen molar-refractivity contribution in [1.82, 2.24) is 15.1 Å². The molecule has 0 spiro atoms. The van der Waals surface area contributed by atoms with Gasteiger partial charge < -0.3 is 11.1 Å². The van der Waals surface area contributed by atoms with Crippen LogP contribution in [0.3, 0.4) is 0 Å². The average molecular weight is 368 g/mol. The van der Waals surface area contributed by atoms with Gasteiger partial charge in [-0.1, -0.05) is 53.6 Å². The molecule has 0 aliphatic carbocycles. The summed E-state index contributed by atoms with van der Waals surface area (Å²) in [4.78, 5) is 4.42. The van der Waals surface area contributed by atoms with E-state index in [9.17, 15) is 0 Å². The Morgan fingerprint density at radius 1 is 1.19 bits per heavy atom. The van der Waals surface area contributed by atoms with Gasteiger partial charge in [0.2, 0.25) is 0 Å². The van der Waals surface area contributed by atoms with E-state index >= 15 is 0 Å². The summed E-state index contributed by atoms with van der Waals surface area (Å²) in [6, 6.07) is 17.9. The predicted octanol–water partition coefficient (Wildman–Crippen LogP) is 3.54. The van der Waals surface area contributed by atoms with E-state index in [-0.39, 0.29) is 6.04 Å². The lowest BCUT2D eigenvalue weighted by Gasteiger charge is -2.19. The molecule has 0 bridgehead atoms. The van der Waals surface area contributed by atoms with Crippen molar-refractivity contribution in [3.63, 3.8) is 0 Å². The normalized spacial score (nSPS) is 12.8. The Labute approximate surface area is 158 Å². The van der Waals surface area contributed by atoms with E-state index in [0.717, 1.165) is 11.1 Å². The Bertz CT molecular complexity index is 839. The number of nitrogens with two attached hydrogens (primary N) is 1. The first-order valence-corrected chi connectivity index (χ1v) is 8.83. The number of halogens is 1. The summed E-state index contributed by atoms with van der Waals surface area (Å²) in [7, 11) is 0. The average Bonchev–Trinajstić information content (AvgIpc) is 3.17. The second-order valence-corrected chi connectivity index (χ2v) is 6.56. The van der Waals surface area contributed by atoms with E-state index in [1.54, 1.807) is 6.20 Å². The number of hydrogen-bond acceptors (Lipinski definition) is 2. The van der Waals surface area contributed by atoms with Crippen molar-refractivity contribution in [1.29, 1.82) is 0 Å². The molecule has 1 atom stereocenters. The van der Waals surface area contributed by atoms with Gasteiger partial charge in [0, 0.05) is 24.0 Å². The molecule has 0 fully saturated rings. The molecule has 1 heterocycles.